The number of carbonyl (C=O) groups excluding carboxylic acids is 4. The summed E-state index contributed by atoms with van der Waals surface area (Å²) in [6.45, 7) is 9.98. The Balaban J connectivity index is 1.67. The molecule has 0 spiro atoms. The van der Waals surface area contributed by atoms with Gasteiger partial charge in [0, 0.05) is 20.0 Å². The number of anilines is 1. The predicted molar refractivity (Wildman–Crippen MR) is 165 cm³/mol. The minimum absolute atomic E-state index is 0.171. The fourth-order valence-corrected chi connectivity index (χ4v) is 4.68. The Bertz CT molecular complexity index is 1450. The average molecular weight is 626 g/mol. The molecule has 2 unspecified atom stereocenters. The third kappa shape index (κ3) is 10.0. The number of nitrogens with one attached hydrogen (secondary N) is 3. The van der Waals surface area contributed by atoms with Crippen molar-refractivity contribution < 1.29 is 33.8 Å². The summed E-state index contributed by atoms with van der Waals surface area (Å²) in [5.41, 5.74) is 1.13. The summed E-state index contributed by atoms with van der Waals surface area (Å²) in [6, 6.07) is 9.11. The number of nitrogens with zero attached hydrogens (tertiary/aromatic N) is 2. The summed E-state index contributed by atoms with van der Waals surface area (Å²) in [5, 5.41) is 19.8. The van der Waals surface area contributed by atoms with E-state index in [1.807, 2.05) is 6.07 Å². The van der Waals surface area contributed by atoms with Crippen molar-refractivity contribution in [3.63, 3.8) is 0 Å². The van der Waals surface area contributed by atoms with E-state index < -0.39 is 41.5 Å². The molecular weight excluding hydrogens is 586 g/mol. The first-order valence-electron chi connectivity index (χ1n) is 14.2. The summed E-state index contributed by atoms with van der Waals surface area (Å²) in [5.74, 6) is -1.96. The van der Waals surface area contributed by atoms with E-state index in [1.165, 1.54) is 18.3 Å². The van der Waals surface area contributed by atoms with Crippen LogP contribution in [0.5, 0.6) is 5.75 Å². The van der Waals surface area contributed by atoms with Crippen LogP contribution in [-0.4, -0.2) is 64.2 Å². The molecule has 13 heteroatoms. The average Bonchev–Trinajstić information content (AvgIpc) is 3.47. The zero-order valence-corrected chi connectivity index (χ0v) is 26.5. The van der Waals surface area contributed by atoms with Crippen LogP contribution >= 0.6 is 11.3 Å². The molecule has 2 amide bonds. The van der Waals surface area contributed by atoms with Crippen LogP contribution in [0.2, 0.25) is 0 Å². The van der Waals surface area contributed by atoms with E-state index in [0.717, 1.165) is 18.4 Å². The minimum atomic E-state index is -1.31. The summed E-state index contributed by atoms with van der Waals surface area (Å²) >= 11 is 1.23. The molecule has 2 atom stereocenters. The molecular formula is C31H39N5O7S. The quantitative estimate of drug-likeness (QED) is 0.124. The van der Waals surface area contributed by atoms with E-state index in [4.69, 9.17) is 9.47 Å². The second kappa shape index (κ2) is 15.3. The van der Waals surface area contributed by atoms with Crippen molar-refractivity contribution in [2.45, 2.75) is 66.7 Å². The number of amides is 2. The van der Waals surface area contributed by atoms with Crippen molar-refractivity contribution >= 4 is 41.0 Å². The van der Waals surface area contributed by atoms with Gasteiger partial charge in [-0.25, -0.2) is 14.8 Å². The summed E-state index contributed by atoms with van der Waals surface area (Å²) in [4.78, 5) is 60.5. The molecule has 2 aromatic heterocycles. The van der Waals surface area contributed by atoms with Gasteiger partial charge in [0.05, 0.1) is 27.2 Å². The van der Waals surface area contributed by atoms with Crippen LogP contribution in [-0.2, 0) is 25.5 Å². The van der Waals surface area contributed by atoms with Crippen LogP contribution in [0.3, 0.4) is 0 Å². The van der Waals surface area contributed by atoms with Crippen molar-refractivity contribution in [1.29, 1.82) is 0 Å². The van der Waals surface area contributed by atoms with Crippen molar-refractivity contribution in [1.82, 2.24) is 20.6 Å². The molecule has 44 heavy (non-hydrogen) atoms. The molecule has 0 aliphatic carbocycles. The second-order valence-corrected chi connectivity index (χ2v) is 12.1. The number of ether oxygens (including phenoxy) is 2. The molecule has 3 aromatic rings. The third-order valence-corrected chi connectivity index (χ3v) is 7.17. The van der Waals surface area contributed by atoms with Gasteiger partial charge in [-0.1, -0.05) is 18.2 Å². The van der Waals surface area contributed by atoms with Gasteiger partial charge >= 0.3 is 11.9 Å². The highest BCUT2D eigenvalue weighted by atomic mass is 32.1. The van der Waals surface area contributed by atoms with Crippen LogP contribution in [0.25, 0.3) is 0 Å². The lowest BCUT2D eigenvalue weighted by Crippen LogP contribution is -2.50. The Kier molecular flexibility index (Phi) is 11.8. The molecule has 0 aliphatic heterocycles. The maximum atomic E-state index is 13.4. The number of aromatic nitrogens is 2. The molecule has 0 aliphatic rings. The SMILES string of the molecule is Cc1nc(NCCCc2cccc(O)c2)nc(C)c1C(=O)NC(CNC(=O)c1cccs1)C(=O)OC(C)OC(=O)C(C)(C)C. The molecule has 0 fully saturated rings. The monoisotopic (exact) mass is 625 g/mol. The molecule has 2 heterocycles. The molecule has 0 saturated carbocycles. The number of phenolic OH excluding ortho intramolecular Hbond substituents is 1. The zero-order valence-electron chi connectivity index (χ0n) is 25.7. The fraction of sp³-hybridized carbons (Fsp3) is 0.419. The maximum absolute atomic E-state index is 13.4. The van der Waals surface area contributed by atoms with Crippen LogP contribution in [0.4, 0.5) is 5.95 Å². The highest BCUT2D eigenvalue weighted by Gasteiger charge is 2.30. The molecule has 0 radical (unpaired) electrons. The van der Waals surface area contributed by atoms with E-state index in [2.05, 4.69) is 25.9 Å². The van der Waals surface area contributed by atoms with Crippen molar-refractivity contribution in [3.05, 3.63) is 69.2 Å². The Labute approximate surface area is 260 Å². The van der Waals surface area contributed by atoms with E-state index in [1.54, 1.807) is 70.3 Å². The van der Waals surface area contributed by atoms with Crippen molar-refractivity contribution in [3.8, 4) is 5.75 Å². The smallest absolute Gasteiger partial charge is 0.333 e. The number of hydrogen-bond acceptors (Lipinski definition) is 11. The Morgan fingerprint density at radius 1 is 1.00 bits per heavy atom. The highest BCUT2D eigenvalue weighted by molar-refractivity contribution is 7.12. The summed E-state index contributed by atoms with van der Waals surface area (Å²) in [6.07, 6.45) is 0.276. The predicted octanol–water partition coefficient (Wildman–Crippen LogP) is 3.91. The first-order valence-corrected chi connectivity index (χ1v) is 15.0. The number of rotatable bonds is 13. The van der Waals surface area contributed by atoms with Crippen LogP contribution in [0, 0.1) is 19.3 Å². The van der Waals surface area contributed by atoms with E-state index >= 15 is 0 Å². The Morgan fingerprint density at radius 2 is 1.70 bits per heavy atom. The van der Waals surface area contributed by atoms with Gasteiger partial charge in [-0.15, -0.1) is 11.3 Å². The van der Waals surface area contributed by atoms with E-state index in [9.17, 15) is 24.3 Å². The first kappa shape index (κ1) is 34.0. The van der Waals surface area contributed by atoms with Gasteiger partial charge in [0.2, 0.25) is 12.2 Å². The van der Waals surface area contributed by atoms with Crippen LogP contribution in [0.1, 0.15) is 71.1 Å². The molecule has 12 nitrogen and oxygen atoms in total. The lowest BCUT2D eigenvalue weighted by atomic mass is 9.97. The number of esters is 2. The number of thiophene rings is 1. The largest absolute Gasteiger partial charge is 0.508 e. The molecule has 3 rings (SSSR count). The van der Waals surface area contributed by atoms with E-state index in [0.29, 0.717) is 28.8 Å². The standard InChI is InChI=1S/C31H39N5O7S/c1-18-25(19(2)35-30(34-18)32-14-8-11-21-10-7-12-22(37)16-21)27(39)36-23(17-33-26(38)24-13-9-15-44-24)28(40)42-20(3)43-29(41)31(4,5)6/h7,9-10,12-13,15-16,20,23,37H,8,11,14,17H2,1-6H3,(H,33,38)(H,36,39)(H,32,34,35). The third-order valence-electron chi connectivity index (χ3n) is 6.30. The number of carbonyl (C=O) groups is 4. The second-order valence-electron chi connectivity index (χ2n) is 11.2. The fourth-order valence-electron chi connectivity index (χ4n) is 4.04. The minimum Gasteiger partial charge on any atom is -0.508 e. The van der Waals surface area contributed by atoms with E-state index in [-0.39, 0.29) is 17.9 Å². The van der Waals surface area contributed by atoms with Gasteiger partial charge in [-0.05, 0) is 76.6 Å². The van der Waals surface area contributed by atoms with Gasteiger partial charge in [0.1, 0.15) is 11.8 Å². The molecule has 0 bridgehead atoms. The number of hydrogen-bond donors (Lipinski definition) is 4. The first-order chi connectivity index (χ1) is 20.7. The summed E-state index contributed by atoms with van der Waals surface area (Å²) in [7, 11) is 0. The number of phenols is 1. The maximum Gasteiger partial charge on any atom is 0.333 e. The van der Waals surface area contributed by atoms with Gasteiger partial charge in [-0.3, -0.25) is 14.4 Å². The molecule has 1 aromatic carbocycles. The van der Waals surface area contributed by atoms with Gasteiger partial charge in [0.15, 0.2) is 0 Å². The molecule has 236 valence electrons. The number of aromatic hydroxyl groups is 1. The number of aryl methyl sites for hydroxylation is 3. The summed E-state index contributed by atoms with van der Waals surface area (Å²) < 4.78 is 10.5. The van der Waals surface area contributed by atoms with Crippen LogP contribution in [0.15, 0.2) is 41.8 Å². The molecule has 0 saturated heterocycles. The number of benzene rings is 1. The van der Waals surface area contributed by atoms with Gasteiger partial charge in [0.25, 0.3) is 11.8 Å². The van der Waals surface area contributed by atoms with Crippen molar-refractivity contribution in [2.24, 2.45) is 5.41 Å². The van der Waals surface area contributed by atoms with Crippen LogP contribution < -0.4 is 16.0 Å². The Hall–Kier alpha value is -4.52. The molecule has 4 N–H and O–H groups in total. The zero-order chi connectivity index (χ0) is 32.4. The lowest BCUT2D eigenvalue weighted by Gasteiger charge is -2.24. The van der Waals surface area contributed by atoms with Crippen molar-refractivity contribution in [2.75, 3.05) is 18.4 Å². The Morgan fingerprint density at radius 3 is 2.32 bits per heavy atom. The van der Waals surface area contributed by atoms with Gasteiger partial charge in [-0.2, -0.15) is 0 Å². The normalized spacial score (nSPS) is 12.5. The van der Waals surface area contributed by atoms with Gasteiger partial charge < -0.3 is 30.5 Å². The lowest BCUT2D eigenvalue weighted by molar-refractivity contribution is -0.191. The topological polar surface area (TPSA) is 169 Å². The highest BCUT2D eigenvalue weighted by Crippen LogP contribution is 2.18.